The van der Waals surface area contributed by atoms with Gasteiger partial charge in [0.2, 0.25) is 0 Å². The Labute approximate surface area is 95.4 Å². The lowest BCUT2D eigenvalue weighted by molar-refractivity contribution is -0.125. The molecule has 0 saturated heterocycles. The Balaban J connectivity index is 1.82. The number of Topliss-reactive ketones (excluding diaryl/α,β-unsaturated/α-hetero) is 1. The van der Waals surface area contributed by atoms with Crippen molar-refractivity contribution in [1.29, 1.82) is 0 Å². The predicted molar refractivity (Wildman–Crippen MR) is 62.1 cm³/mol. The van der Waals surface area contributed by atoms with Crippen molar-refractivity contribution < 1.29 is 4.79 Å². The molecule has 2 heteroatoms. The summed E-state index contributed by atoms with van der Waals surface area (Å²) in [6.07, 6.45) is 5.00. The predicted octanol–water partition coefficient (Wildman–Crippen LogP) is 3.64. The van der Waals surface area contributed by atoms with Crippen LogP contribution in [0.1, 0.15) is 31.2 Å². The molecular formula is C13H15ClO. The SMILES string of the molecule is O=C(CCc1ccc(Cl)cc1)C1CCC1. The summed E-state index contributed by atoms with van der Waals surface area (Å²) in [5, 5.41) is 0.754. The molecule has 15 heavy (non-hydrogen) atoms. The van der Waals surface area contributed by atoms with Crippen LogP contribution in [0.5, 0.6) is 0 Å². The number of halogens is 1. The Bertz CT molecular complexity index is 338. The lowest BCUT2D eigenvalue weighted by Crippen LogP contribution is -2.22. The molecule has 1 nitrogen and oxygen atoms in total. The smallest absolute Gasteiger partial charge is 0.136 e. The average molecular weight is 223 g/mol. The maximum atomic E-state index is 11.6. The molecule has 0 amide bonds. The number of hydrogen-bond acceptors (Lipinski definition) is 1. The van der Waals surface area contributed by atoms with Gasteiger partial charge >= 0.3 is 0 Å². The van der Waals surface area contributed by atoms with Gasteiger partial charge in [0.05, 0.1) is 0 Å². The average Bonchev–Trinajstić information content (AvgIpc) is 2.14. The van der Waals surface area contributed by atoms with Crippen LogP contribution in [0.4, 0.5) is 0 Å². The summed E-state index contributed by atoms with van der Waals surface area (Å²) in [7, 11) is 0. The van der Waals surface area contributed by atoms with Gasteiger partial charge in [-0.05, 0) is 37.0 Å². The molecular weight excluding hydrogens is 208 g/mol. The lowest BCUT2D eigenvalue weighted by atomic mass is 9.80. The van der Waals surface area contributed by atoms with Crippen molar-refractivity contribution in [2.75, 3.05) is 0 Å². The maximum absolute atomic E-state index is 11.6. The number of hydrogen-bond donors (Lipinski definition) is 0. The van der Waals surface area contributed by atoms with Gasteiger partial charge in [-0.25, -0.2) is 0 Å². The first-order valence-electron chi connectivity index (χ1n) is 5.53. The number of carbonyl (C=O) groups excluding carboxylic acids is 1. The van der Waals surface area contributed by atoms with E-state index in [-0.39, 0.29) is 0 Å². The fraction of sp³-hybridized carbons (Fsp3) is 0.462. The third-order valence-electron chi connectivity index (χ3n) is 3.13. The Morgan fingerprint density at radius 3 is 2.47 bits per heavy atom. The number of aryl methyl sites for hydroxylation is 1. The summed E-state index contributed by atoms with van der Waals surface area (Å²) >= 11 is 5.79. The van der Waals surface area contributed by atoms with Crippen molar-refractivity contribution in [2.45, 2.75) is 32.1 Å². The van der Waals surface area contributed by atoms with Gasteiger partial charge in [0.15, 0.2) is 0 Å². The summed E-state index contributed by atoms with van der Waals surface area (Å²) in [6.45, 7) is 0. The van der Waals surface area contributed by atoms with Crippen molar-refractivity contribution in [3.63, 3.8) is 0 Å². The van der Waals surface area contributed by atoms with E-state index in [0.717, 1.165) is 24.3 Å². The molecule has 0 aliphatic heterocycles. The summed E-state index contributed by atoms with van der Waals surface area (Å²) in [5.74, 6) is 0.813. The van der Waals surface area contributed by atoms with Gasteiger partial charge in [-0.2, -0.15) is 0 Å². The fourth-order valence-electron chi connectivity index (χ4n) is 1.85. The molecule has 0 spiro atoms. The summed E-state index contributed by atoms with van der Waals surface area (Å²) in [5.41, 5.74) is 1.20. The monoisotopic (exact) mass is 222 g/mol. The molecule has 0 heterocycles. The minimum absolute atomic E-state index is 0.373. The molecule has 1 aliphatic rings. The van der Waals surface area contributed by atoms with Crippen LogP contribution in [-0.2, 0) is 11.2 Å². The Morgan fingerprint density at radius 2 is 1.93 bits per heavy atom. The fourth-order valence-corrected chi connectivity index (χ4v) is 1.98. The largest absolute Gasteiger partial charge is 0.299 e. The van der Waals surface area contributed by atoms with E-state index in [1.54, 1.807) is 0 Å². The van der Waals surface area contributed by atoms with E-state index in [1.165, 1.54) is 12.0 Å². The standard InChI is InChI=1S/C13H15ClO/c14-12-7-4-10(5-8-12)6-9-13(15)11-2-1-3-11/h4-5,7-8,11H,1-3,6,9H2. The minimum Gasteiger partial charge on any atom is -0.299 e. The van der Waals surface area contributed by atoms with Gasteiger partial charge in [0.25, 0.3) is 0 Å². The first kappa shape index (κ1) is 10.7. The quantitative estimate of drug-likeness (QED) is 0.760. The second kappa shape index (κ2) is 4.80. The number of ketones is 1. The van der Waals surface area contributed by atoms with Crippen LogP contribution in [0.2, 0.25) is 5.02 Å². The van der Waals surface area contributed by atoms with Crippen LogP contribution < -0.4 is 0 Å². The molecule has 0 bridgehead atoms. The summed E-state index contributed by atoms with van der Waals surface area (Å²) < 4.78 is 0. The molecule has 0 N–H and O–H groups in total. The lowest BCUT2D eigenvalue weighted by Gasteiger charge is -2.23. The highest BCUT2D eigenvalue weighted by Crippen LogP contribution is 2.28. The molecule has 0 atom stereocenters. The van der Waals surface area contributed by atoms with E-state index < -0.39 is 0 Å². The highest BCUT2D eigenvalue weighted by atomic mass is 35.5. The first-order chi connectivity index (χ1) is 7.25. The molecule has 80 valence electrons. The zero-order chi connectivity index (χ0) is 10.7. The maximum Gasteiger partial charge on any atom is 0.136 e. The van der Waals surface area contributed by atoms with Gasteiger partial charge in [0.1, 0.15) is 5.78 Å². The van der Waals surface area contributed by atoms with E-state index in [2.05, 4.69) is 0 Å². The third-order valence-corrected chi connectivity index (χ3v) is 3.39. The second-order valence-corrected chi connectivity index (χ2v) is 4.66. The van der Waals surface area contributed by atoms with Crippen molar-refractivity contribution in [3.05, 3.63) is 34.9 Å². The Kier molecular flexibility index (Phi) is 3.42. The second-order valence-electron chi connectivity index (χ2n) is 4.22. The first-order valence-corrected chi connectivity index (χ1v) is 5.90. The molecule has 1 aliphatic carbocycles. The Morgan fingerprint density at radius 1 is 1.27 bits per heavy atom. The van der Waals surface area contributed by atoms with Gasteiger partial charge < -0.3 is 0 Å². The number of carbonyl (C=O) groups is 1. The van der Waals surface area contributed by atoms with E-state index >= 15 is 0 Å². The zero-order valence-corrected chi connectivity index (χ0v) is 9.46. The summed E-state index contributed by atoms with van der Waals surface area (Å²) in [6, 6.07) is 7.75. The van der Waals surface area contributed by atoms with Gasteiger partial charge in [-0.3, -0.25) is 4.79 Å². The summed E-state index contributed by atoms with van der Waals surface area (Å²) in [4.78, 5) is 11.6. The normalized spacial score (nSPS) is 16.1. The molecule has 2 rings (SSSR count). The molecule has 0 unspecified atom stereocenters. The van der Waals surface area contributed by atoms with E-state index in [1.807, 2.05) is 24.3 Å². The van der Waals surface area contributed by atoms with Crippen molar-refractivity contribution in [2.24, 2.45) is 5.92 Å². The molecule has 1 aromatic carbocycles. The van der Waals surface area contributed by atoms with Gasteiger partial charge in [-0.15, -0.1) is 0 Å². The van der Waals surface area contributed by atoms with Crippen LogP contribution in [-0.4, -0.2) is 5.78 Å². The minimum atomic E-state index is 0.373. The van der Waals surface area contributed by atoms with E-state index in [0.29, 0.717) is 18.1 Å². The Hall–Kier alpha value is -0.820. The van der Waals surface area contributed by atoms with Crippen LogP contribution in [0.25, 0.3) is 0 Å². The topological polar surface area (TPSA) is 17.1 Å². The van der Waals surface area contributed by atoms with E-state index in [9.17, 15) is 4.79 Å². The van der Waals surface area contributed by atoms with Crippen LogP contribution >= 0.6 is 11.6 Å². The van der Waals surface area contributed by atoms with E-state index in [4.69, 9.17) is 11.6 Å². The van der Waals surface area contributed by atoms with Crippen LogP contribution in [0, 0.1) is 5.92 Å². The molecule has 1 saturated carbocycles. The number of benzene rings is 1. The highest BCUT2D eigenvalue weighted by molar-refractivity contribution is 6.30. The highest BCUT2D eigenvalue weighted by Gasteiger charge is 2.24. The zero-order valence-electron chi connectivity index (χ0n) is 8.71. The van der Waals surface area contributed by atoms with Crippen LogP contribution in [0.3, 0.4) is 0 Å². The number of rotatable bonds is 4. The van der Waals surface area contributed by atoms with Crippen LogP contribution in [0.15, 0.2) is 24.3 Å². The van der Waals surface area contributed by atoms with Crippen molar-refractivity contribution >= 4 is 17.4 Å². The van der Waals surface area contributed by atoms with Crippen molar-refractivity contribution in [1.82, 2.24) is 0 Å². The van der Waals surface area contributed by atoms with Gasteiger partial charge in [-0.1, -0.05) is 30.2 Å². The molecule has 0 radical (unpaired) electrons. The van der Waals surface area contributed by atoms with Crippen molar-refractivity contribution in [3.8, 4) is 0 Å². The molecule has 0 aromatic heterocycles. The molecule has 1 fully saturated rings. The third kappa shape index (κ3) is 2.82. The van der Waals surface area contributed by atoms with Gasteiger partial charge in [0, 0.05) is 17.4 Å². The molecule has 1 aromatic rings.